The van der Waals surface area contributed by atoms with Crippen molar-refractivity contribution < 1.29 is 9.53 Å². The summed E-state index contributed by atoms with van der Waals surface area (Å²) in [6, 6.07) is 3.84. The lowest BCUT2D eigenvalue weighted by Gasteiger charge is -2.38. The van der Waals surface area contributed by atoms with Gasteiger partial charge in [0.2, 0.25) is 0 Å². The van der Waals surface area contributed by atoms with Crippen molar-refractivity contribution in [3.8, 4) is 0 Å². The highest BCUT2D eigenvalue weighted by Crippen LogP contribution is 2.36. The lowest BCUT2D eigenvalue weighted by atomic mass is 9.74. The van der Waals surface area contributed by atoms with Gasteiger partial charge in [0.1, 0.15) is 5.82 Å². The Morgan fingerprint density at radius 2 is 2.10 bits per heavy atom. The van der Waals surface area contributed by atoms with Gasteiger partial charge in [-0.1, -0.05) is 0 Å². The number of likely N-dealkylation sites (tertiary alicyclic amines) is 1. The van der Waals surface area contributed by atoms with E-state index in [-0.39, 0.29) is 5.97 Å². The summed E-state index contributed by atoms with van der Waals surface area (Å²) in [6.45, 7) is 3.79. The molecule has 0 spiro atoms. The van der Waals surface area contributed by atoms with E-state index in [9.17, 15) is 4.79 Å². The summed E-state index contributed by atoms with van der Waals surface area (Å²) in [6.07, 6.45) is 2.19. The van der Waals surface area contributed by atoms with E-state index >= 15 is 0 Å². The third-order valence-electron chi connectivity index (χ3n) is 4.12. The number of carbonyl (C=O) groups is 1. The van der Waals surface area contributed by atoms with Gasteiger partial charge in [-0.05, 0) is 57.6 Å². The molecule has 0 bridgehead atoms. The van der Waals surface area contributed by atoms with Gasteiger partial charge in [-0.2, -0.15) is 0 Å². The van der Waals surface area contributed by atoms with Crippen LogP contribution in [0.4, 0.5) is 5.82 Å². The van der Waals surface area contributed by atoms with Crippen LogP contribution in [0.2, 0.25) is 0 Å². The van der Waals surface area contributed by atoms with Gasteiger partial charge in [0.15, 0.2) is 0 Å². The van der Waals surface area contributed by atoms with Crippen LogP contribution in [0.25, 0.3) is 0 Å². The first-order valence-electron chi connectivity index (χ1n) is 6.95. The molecule has 1 aromatic heterocycles. The van der Waals surface area contributed by atoms with Crippen LogP contribution in [-0.4, -0.2) is 43.1 Å². The number of aryl methyl sites for hydroxylation is 1. The Kier molecular flexibility index (Phi) is 4.28. The summed E-state index contributed by atoms with van der Waals surface area (Å²) < 4.78 is 5.04. The minimum atomic E-state index is -0.464. The van der Waals surface area contributed by atoms with Gasteiger partial charge in [-0.15, -0.1) is 0 Å². The van der Waals surface area contributed by atoms with E-state index in [0.717, 1.165) is 37.2 Å². The molecule has 1 fully saturated rings. The molecule has 0 aromatic carbocycles. The number of ether oxygens (including phenoxy) is 1. The molecule has 1 saturated heterocycles. The zero-order chi connectivity index (χ0) is 14.8. The Morgan fingerprint density at radius 3 is 2.65 bits per heavy atom. The van der Waals surface area contributed by atoms with Crippen molar-refractivity contribution in [1.82, 2.24) is 9.88 Å². The number of carbonyl (C=O) groups excluding carboxylic acids is 1. The normalized spacial score (nSPS) is 18.8. The fraction of sp³-hybridized carbons (Fsp3) is 0.600. The first-order chi connectivity index (χ1) is 9.45. The van der Waals surface area contributed by atoms with E-state index in [4.69, 9.17) is 10.5 Å². The van der Waals surface area contributed by atoms with Crippen molar-refractivity contribution in [3.05, 3.63) is 23.4 Å². The second-order valence-electron chi connectivity index (χ2n) is 5.81. The highest BCUT2D eigenvalue weighted by Gasteiger charge is 2.42. The van der Waals surface area contributed by atoms with Gasteiger partial charge < -0.3 is 15.4 Å². The van der Waals surface area contributed by atoms with Crippen molar-refractivity contribution >= 4 is 11.8 Å². The Labute approximate surface area is 120 Å². The van der Waals surface area contributed by atoms with Crippen LogP contribution in [0.1, 0.15) is 24.1 Å². The van der Waals surface area contributed by atoms with Gasteiger partial charge in [-0.3, -0.25) is 4.79 Å². The number of nitrogen functional groups attached to an aromatic ring is 1. The standard InChI is InChI=1S/C15H23N3O2/c1-11-8-12(17-13(16)9-11)10-15(14(19)20-3)4-6-18(2)7-5-15/h8-9H,4-7,10H2,1-3H3,(H2,16,17). The zero-order valence-electron chi connectivity index (χ0n) is 12.5. The van der Waals surface area contributed by atoms with E-state index in [2.05, 4.69) is 16.9 Å². The van der Waals surface area contributed by atoms with E-state index in [1.807, 2.05) is 19.1 Å². The fourth-order valence-electron chi connectivity index (χ4n) is 2.92. The molecule has 1 aliphatic rings. The van der Waals surface area contributed by atoms with E-state index in [0.29, 0.717) is 12.2 Å². The third kappa shape index (κ3) is 3.10. The predicted molar refractivity (Wildman–Crippen MR) is 78.3 cm³/mol. The maximum absolute atomic E-state index is 12.3. The number of nitrogens with two attached hydrogens (primary N) is 1. The van der Waals surface area contributed by atoms with Crippen LogP contribution >= 0.6 is 0 Å². The first-order valence-corrected chi connectivity index (χ1v) is 6.95. The molecule has 110 valence electrons. The average Bonchev–Trinajstić information content (AvgIpc) is 2.39. The summed E-state index contributed by atoms with van der Waals surface area (Å²) in [5.74, 6) is 0.375. The van der Waals surface area contributed by atoms with Gasteiger partial charge in [0, 0.05) is 12.1 Å². The molecule has 5 nitrogen and oxygen atoms in total. The van der Waals surface area contributed by atoms with Crippen molar-refractivity contribution in [2.75, 3.05) is 33.0 Å². The van der Waals surface area contributed by atoms with E-state index in [1.54, 1.807) is 0 Å². The monoisotopic (exact) mass is 277 g/mol. The van der Waals surface area contributed by atoms with Crippen molar-refractivity contribution in [2.24, 2.45) is 5.41 Å². The molecule has 0 unspecified atom stereocenters. The van der Waals surface area contributed by atoms with Crippen LogP contribution in [0.5, 0.6) is 0 Å². The lowest BCUT2D eigenvalue weighted by Crippen LogP contribution is -2.45. The number of aromatic nitrogens is 1. The maximum atomic E-state index is 12.3. The number of hydrogen-bond acceptors (Lipinski definition) is 5. The molecular weight excluding hydrogens is 254 g/mol. The van der Waals surface area contributed by atoms with Crippen molar-refractivity contribution in [3.63, 3.8) is 0 Å². The molecule has 2 N–H and O–H groups in total. The van der Waals surface area contributed by atoms with Crippen LogP contribution in [0, 0.1) is 12.3 Å². The highest BCUT2D eigenvalue weighted by atomic mass is 16.5. The van der Waals surface area contributed by atoms with Gasteiger partial charge in [-0.25, -0.2) is 4.98 Å². The number of nitrogens with zero attached hydrogens (tertiary/aromatic N) is 2. The summed E-state index contributed by atoms with van der Waals surface area (Å²) in [5, 5.41) is 0. The molecule has 20 heavy (non-hydrogen) atoms. The zero-order valence-corrected chi connectivity index (χ0v) is 12.5. The molecule has 5 heteroatoms. The van der Waals surface area contributed by atoms with Gasteiger partial charge in [0.05, 0.1) is 12.5 Å². The molecule has 2 rings (SSSR count). The smallest absolute Gasteiger partial charge is 0.312 e. The lowest BCUT2D eigenvalue weighted by molar-refractivity contribution is -0.155. The molecule has 1 aliphatic heterocycles. The van der Waals surface area contributed by atoms with Crippen molar-refractivity contribution in [2.45, 2.75) is 26.2 Å². The van der Waals surface area contributed by atoms with E-state index in [1.165, 1.54) is 7.11 Å². The minimum Gasteiger partial charge on any atom is -0.469 e. The molecule has 2 heterocycles. The number of pyridine rings is 1. The second-order valence-corrected chi connectivity index (χ2v) is 5.81. The molecule has 1 aromatic rings. The summed E-state index contributed by atoms with van der Waals surface area (Å²) in [4.78, 5) is 18.9. The number of methoxy groups -OCH3 is 1. The second kappa shape index (κ2) is 5.79. The molecule has 0 aliphatic carbocycles. The molecule has 0 radical (unpaired) electrons. The summed E-state index contributed by atoms with van der Waals surface area (Å²) in [5.41, 5.74) is 7.28. The summed E-state index contributed by atoms with van der Waals surface area (Å²) >= 11 is 0. The van der Waals surface area contributed by atoms with Crippen LogP contribution in [-0.2, 0) is 16.0 Å². The first kappa shape index (κ1) is 14.8. The quantitative estimate of drug-likeness (QED) is 0.846. The van der Waals surface area contributed by atoms with Gasteiger partial charge in [0.25, 0.3) is 0 Å². The topological polar surface area (TPSA) is 68.5 Å². The predicted octanol–water partition coefficient (Wildman–Crippen LogP) is 1.40. The van der Waals surface area contributed by atoms with Crippen LogP contribution < -0.4 is 5.73 Å². The van der Waals surface area contributed by atoms with E-state index < -0.39 is 5.41 Å². The van der Waals surface area contributed by atoms with Crippen LogP contribution in [0.3, 0.4) is 0 Å². The largest absolute Gasteiger partial charge is 0.469 e. The number of anilines is 1. The number of piperidine rings is 1. The van der Waals surface area contributed by atoms with Gasteiger partial charge >= 0.3 is 5.97 Å². The Bertz CT molecular complexity index is 474. The average molecular weight is 277 g/mol. The van der Waals surface area contributed by atoms with Crippen molar-refractivity contribution in [1.29, 1.82) is 0 Å². The SMILES string of the molecule is COC(=O)C1(Cc2cc(C)cc(N)n2)CCN(C)CC1. The summed E-state index contributed by atoms with van der Waals surface area (Å²) in [7, 11) is 3.53. The Morgan fingerprint density at radius 1 is 1.45 bits per heavy atom. The number of rotatable bonds is 3. The third-order valence-corrected chi connectivity index (χ3v) is 4.12. The van der Waals surface area contributed by atoms with Crippen LogP contribution in [0.15, 0.2) is 12.1 Å². The Hall–Kier alpha value is -1.62. The Balaban J connectivity index is 2.26. The number of hydrogen-bond donors (Lipinski definition) is 1. The number of esters is 1. The highest BCUT2D eigenvalue weighted by molar-refractivity contribution is 5.77. The molecule has 0 saturated carbocycles. The minimum absolute atomic E-state index is 0.132. The fourth-order valence-corrected chi connectivity index (χ4v) is 2.92. The maximum Gasteiger partial charge on any atom is 0.312 e. The molecule has 0 atom stereocenters. The molecule has 0 amide bonds. The molecular formula is C15H23N3O2.